The zero-order valence-electron chi connectivity index (χ0n) is 14.4. The highest BCUT2D eigenvalue weighted by Gasteiger charge is 2.13. The number of anilines is 1. The summed E-state index contributed by atoms with van der Waals surface area (Å²) in [6.07, 6.45) is 3.29. The van der Waals surface area contributed by atoms with E-state index in [2.05, 4.69) is 10.3 Å². The summed E-state index contributed by atoms with van der Waals surface area (Å²) in [4.78, 5) is 16.0. The number of nitrogens with two attached hydrogens (primary N) is 1. The maximum Gasteiger partial charge on any atom is 0.227 e. The van der Waals surface area contributed by atoms with Crippen LogP contribution in [-0.4, -0.2) is 37.8 Å². The van der Waals surface area contributed by atoms with E-state index in [9.17, 15) is 4.79 Å². The van der Waals surface area contributed by atoms with E-state index < -0.39 is 0 Å². The summed E-state index contributed by atoms with van der Waals surface area (Å²) in [6.45, 7) is 0.655. The van der Waals surface area contributed by atoms with Crippen LogP contribution in [0.2, 0.25) is 0 Å². The molecule has 3 N–H and O–H groups in total. The first-order valence-electron chi connectivity index (χ1n) is 7.88. The van der Waals surface area contributed by atoms with Crippen LogP contribution in [0.25, 0.3) is 0 Å². The summed E-state index contributed by atoms with van der Waals surface area (Å²) in [5.74, 6) is 0.950. The second kappa shape index (κ2) is 9.61. The van der Waals surface area contributed by atoms with Gasteiger partial charge in [0, 0.05) is 37.8 Å². The van der Waals surface area contributed by atoms with E-state index in [1.165, 1.54) is 7.11 Å². The van der Waals surface area contributed by atoms with Crippen LogP contribution in [0.5, 0.6) is 11.5 Å². The van der Waals surface area contributed by atoms with E-state index in [1.807, 2.05) is 12.1 Å². The molecule has 7 heteroatoms. The van der Waals surface area contributed by atoms with Crippen molar-refractivity contribution in [1.29, 1.82) is 0 Å². The largest absolute Gasteiger partial charge is 0.493 e. The summed E-state index contributed by atoms with van der Waals surface area (Å²) < 4.78 is 16.2. The summed E-state index contributed by atoms with van der Waals surface area (Å²) in [7, 11) is 3.10. The number of aromatic nitrogens is 1. The van der Waals surface area contributed by atoms with Gasteiger partial charge < -0.3 is 25.3 Å². The molecule has 0 radical (unpaired) electrons. The van der Waals surface area contributed by atoms with Crippen molar-refractivity contribution >= 4 is 11.6 Å². The number of ether oxygens (including phenoxy) is 3. The third-order valence-corrected chi connectivity index (χ3v) is 3.60. The van der Waals surface area contributed by atoms with Gasteiger partial charge in [-0.15, -0.1) is 0 Å². The fourth-order valence-electron chi connectivity index (χ4n) is 2.19. The molecule has 2 rings (SSSR count). The molecule has 134 valence electrons. The minimum atomic E-state index is -0.305. The molecule has 1 aromatic carbocycles. The number of hydrogen-bond acceptors (Lipinski definition) is 6. The Morgan fingerprint density at radius 1 is 1.20 bits per heavy atom. The molecule has 25 heavy (non-hydrogen) atoms. The Labute approximate surface area is 147 Å². The zero-order valence-corrected chi connectivity index (χ0v) is 14.4. The number of carbonyl (C=O) groups is 1. The number of carbonyl (C=O) groups excluding carboxylic acids is 1. The van der Waals surface area contributed by atoms with Gasteiger partial charge in [0.2, 0.25) is 5.91 Å². The van der Waals surface area contributed by atoms with Crippen LogP contribution in [-0.2, 0) is 16.1 Å². The third-order valence-electron chi connectivity index (χ3n) is 3.60. The first-order valence-corrected chi connectivity index (χ1v) is 7.88. The monoisotopic (exact) mass is 345 g/mol. The van der Waals surface area contributed by atoms with Crippen molar-refractivity contribution in [2.45, 2.75) is 19.1 Å². The van der Waals surface area contributed by atoms with Gasteiger partial charge in [0.15, 0.2) is 11.5 Å². The van der Waals surface area contributed by atoms with E-state index in [-0.39, 0.29) is 25.0 Å². The van der Waals surface area contributed by atoms with Crippen molar-refractivity contribution in [3.8, 4) is 11.5 Å². The number of methoxy groups -OCH3 is 2. The molecular weight excluding hydrogens is 322 g/mol. The first-order chi connectivity index (χ1) is 12.2. The smallest absolute Gasteiger partial charge is 0.227 e. The Morgan fingerprint density at radius 3 is 2.60 bits per heavy atom. The number of amides is 1. The molecule has 0 saturated carbocycles. The van der Waals surface area contributed by atoms with Crippen LogP contribution < -0.4 is 20.5 Å². The standard InChI is InChI=1S/C18H23N3O4/c1-23-15(11-19)10-18(22)21-14-3-4-16(24-2)17(9-14)25-12-13-5-7-20-8-6-13/h3-9,15H,10-12,19H2,1-2H3,(H,21,22). The Morgan fingerprint density at radius 2 is 1.96 bits per heavy atom. The summed E-state index contributed by atoms with van der Waals surface area (Å²) in [5.41, 5.74) is 7.13. The summed E-state index contributed by atoms with van der Waals surface area (Å²) >= 11 is 0. The summed E-state index contributed by atoms with van der Waals surface area (Å²) in [5, 5.41) is 2.81. The van der Waals surface area contributed by atoms with Gasteiger partial charge in [0.1, 0.15) is 6.61 Å². The number of pyridine rings is 1. The predicted octanol–water partition coefficient (Wildman–Crippen LogP) is 1.97. The Balaban J connectivity index is 2.04. The van der Waals surface area contributed by atoms with E-state index in [0.29, 0.717) is 23.8 Å². The molecule has 1 aromatic heterocycles. The van der Waals surface area contributed by atoms with Crippen molar-refractivity contribution in [1.82, 2.24) is 4.98 Å². The molecule has 1 unspecified atom stereocenters. The minimum absolute atomic E-state index is 0.178. The fourth-order valence-corrected chi connectivity index (χ4v) is 2.19. The lowest BCUT2D eigenvalue weighted by atomic mass is 10.2. The van der Waals surface area contributed by atoms with Crippen molar-refractivity contribution in [2.75, 3.05) is 26.1 Å². The van der Waals surface area contributed by atoms with E-state index in [4.69, 9.17) is 19.9 Å². The van der Waals surface area contributed by atoms with Crippen molar-refractivity contribution in [2.24, 2.45) is 5.73 Å². The zero-order chi connectivity index (χ0) is 18.1. The van der Waals surface area contributed by atoms with Gasteiger partial charge in [-0.2, -0.15) is 0 Å². The number of nitrogens with one attached hydrogen (secondary N) is 1. The molecule has 2 aromatic rings. The number of nitrogens with zero attached hydrogens (tertiary/aromatic N) is 1. The number of benzene rings is 1. The molecule has 0 aliphatic carbocycles. The molecule has 7 nitrogen and oxygen atoms in total. The van der Waals surface area contributed by atoms with E-state index in [0.717, 1.165) is 5.56 Å². The highest BCUT2D eigenvalue weighted by Crippen LogP contribution is 2.31. The summed E-state index contributed by atoms with van der Waals surface area (Å²) in [6, 6.07) is 8.96. The highest BCUT2D eigenvalue weighted by molar-refractivity contribution is 5.91. The first kappa shape index (κ1) is 18.7. The van der Waals surface area contributed by atoms with Crippen molar-refractivity contribution in [3.63, 3.8) is 0 Å². The van der Waals surface area contributed by atoms with Crippen molar-refractivity contribution in [3.05, 3.63) is 48.3 Å². The van der Waals surface area contributed by atoms with Crippen LogP contribution in [0.15, 0.2) is 42.7 Å². The average Bonchev–Trinajstić information content (AvgIpc) is 2.65. The van der Waals surface area contributed by atoms with Gasteiger partial charge in [0.25, 0.3) is 0 Å². The van der Waals surface area contributed by atoms with Gasteiger partial charge >= 0.3 is 0 Å². The highest BCUT2D eigenvalue weighted by atomic mass is 16.5. The quantitative estimate of drug-likeness (QED) is 0.721. The molecule has 0 aliphatic rings. The van der Waals surface area contributed by atoms with Crippen LogP contribution >= 0.6 is 0 Å². The lowest BCUT2D eigenvalue weighted by molar-refractivity contribution is -0.118. The third kappa shape index (κ3) is 5.74. The topological polar surface area (TPSA) is 95.7 Å². The van der Waals surface area contributed by atoms with Gasteiger partial charge in [-0.1, -0.05) is 0 Å². The van der Waals surface area contributed by atoms with Crippen molar-refractivity contribution < 1.29 is 19.0 Å². The van der Waals surface area contributed by atoms with E-state index in [1.54, 1.807) is 37.7 Å². The number of hydrogen-bond donors (Lipinski definition) is 2. The van der Waals surface area contributed by atoms with Crippen LogP contribution in [0.4, 0.5) is 5.69 Å². The van der Waals surface area contributed by atoms with Gasteiger partial charge in [0.05, 0.1) is 19.6 Å². The maximum atomic E-state index is 12.1. The Hall–Kier alpha value is -2.64. The molecule has 0 spiro atoms. The lowest BCUT2D eigenvalue weighted by Crippen LogP contribution is -2.28. The molecule has 1 heterocycles. The second-order valence-corrected chi connectivity index (χ2v) is 5.36. The Bertz CT molecular complexity index is 675. The van der Waals surface area contributed by atoms with E-state index >= 15 is 0 Å². The minimum Gasteiger partial charge on any atom is -0.493 e. The molecule has 0 bridgehead atoms. The van der Waals surface area contributed by atoms with Gasteiger partial charge in [-0.05, 0) is 29.8 Å². The van der Waals surface area contributed by atoms with Crippen LogP contribution in [0, 0.1) is 0 Å². The van der Waals surface area contributed by atoms with Crippen LogP contribution in [0.1, 0.15) is 12.0 Å². The molecular formula is C18H23N3O4. The fraction of sp³-hybridized carbons (Fsp3) is 0.333. The predicted molar refractivity (Wildman–Crippen MR) is 94.7 cm³/mol. The van der Waals surface area contributed by atoms with Gasteiger partial charge in [-0.25, -0.2) is 0 Å². The maximum absolute atomic E-state index is 12.1. The van der Waals surface area contributed by atoms with Crippen LogP contribution in [0.3, 0.4) is 0 Å². The normalized spacial score (nSPS) is 11.6. The molecule has 0 saturated heterocycles. The van der Waals surface area contributed by atoms with Gasteiger partial charge in [-0.3, -0.25) is 9.78 Å². The molecule has 1 amide bonds. The molecule has 0 aliphatic heterocycles. The lowest BCUT2D eigenvalue weighted by Gasteiger charge is -2.15. The molecule has 1 atom stereocenters. The number of rotatable bonds is 9. The SMILES string of the molecule is COc1ccc(NC(=O)CC(CN)OC)cc1OCc1ccncc1. The average molecular weight is 345 g/mol. The second-order valence-electron chi connectivity index (χ2n) is 5.36. The molecule has 0 fully saturated rings. The Kier molecular flexibility index (Phi) is 7.18.